The number of benzene rings is 2. The molecule has 0 fully saturated rings. The van der Waals surface area contributed by atoms with Crippen molar-refractivity contribution in [3.8, 4) is 0 Å². The van der Waals surface area contributed by atoms with Crippen molar-refractivity contribution in [2.24, 2.45) is 0 Å². The lowest BCUT2D eigenvalue weighted by atomic mass is 10.1. The van der Waals surface area contributed by atoms with E-state index in [1.165, 1.54) is 5.56 Å². The Morgan fingerprint density at radius 1 is 1.10 bits per heavy atom. The molecule has 0 amide bonds. The van der Waals surface area contributed by atoms with Crippen LogP contribution in [-0.4, -0.2) is 15.0 Å². The molecule has 6 heteroatoms. The Morgan fingerprint density at radius 3 is 2.52 bits per heavy atom. The average Bonchev–Trinajstić information content (AvgIpc) is 2.43. The lowest BCUT2D eigenvalue weighted by molar-refractivity contribution is 0.581. The zero-order valence-electron chi connectivity index (χ0n) is 11.4. The molecule has 112 valence electrons. The summed E-state index contributed by atoms with van der Waals surface area (Å²) in [5.74, 6) is 0. The van der Waals surface area contributed by atoms with E-state index in [1.54, 1.807) is 18.2 Å². The molecule has 0 radical (unpaired) electrons. The van der Waals surface area contributed by atoms with Gasteiger partial charge in [0.15, 0.2) is 0 Å². The summed E-state index contributed by atoms with van der Waals surface area (Å²) in [5.41, 5.74) is 2.31. The van der Waals surface area contributed by atoms with E-state index in [0.717, 1.165) is 10.0 Å². The molecule has 0 aliphatic carbocycles. The first-order valence-corrected chi connectivity index (χ1v) is 9.46. The van der Waals surface area contributed by atoms with E-state index < -0.39 is 10.0 Å². The van der Waals surface area contributed by atoms with Crippen LogP contribution < -0.4 is 4.72 Å². The number of hydrogen-bond donors (Lipinski definition) is 1. The summed E-state index contributed by atoms with van der Waals surface area (Å²) in [5, 5.41) is 0. The van der Waals surface area contributed by atoms with E-state index in [-0.39, 0.29) is 4.90 Å². The number of rotatable bonds is 5. The lowest BCUT2D eigenvalue weighted by Gasteiger charge is -2.10. The standard InChI is InChI=1S/C15H15Br2NO2S/c1-11-4-2-3-5-12(11)8-9-18-21(19,20)15-10-13(16)6-7-14(15)17/h2-7,10,18H,8-9H2,1H3. The van der Waals surface area contributed by atoms with Gasteiger partial charge in [0.25, 0.3) is 0 Å². The average molecular weight is 433 g/mol. The second-order valence-electron chi connectivity index (χ2n) is 4.65. The molecule has 0 atom stereocenters. The molecule has 2 aromatic rings. The summed E-state index contributed by atoms with van der Waals surface area (Å²) in [7, 11) is -3.52. The van der Waals surface area contributed by atoms with Gasteiger partial charge in [-0.2, -0.15) is 0 Å². The molecule has 2 aromatic carbocycles. The Kier molecular flexibility index (Phi) is 5.60. The summed E-state index contributed by atoms with van der Waals surface area (Å²) in [6, 6.07) is 13.0. The molecule has 0 saturated carbocycles. The van der Waals surface area contributed by atoms with Crippen molar-refractivity contribution in [3.05, 3.63) is 62.5 Å². The smallest absolute Gasteiger partial charge is 0.211 e. The van der Waals surface area contributed by atoms with Crippen molar-refractivity contribution < 1.29 is 8.42 Å². The summed E-state index contributed by atoms with van der Waals surface area (Å²) in [6.45, 7) is 2.39. The summed E-state index contributed by atoms with van der Waals surface area (Å²) < 4.78 is 28.6. The molecule has 0 bridgehead atoms. The number of sulfonamides is 1. The molecule has 0 aliphatic rings. The first-order chi connectivity index (χ1) is 9.90. The summed E-state index contributed by atoms with van der Waals surface area (Å²) >= 11 is 6.56. The minimum atomic E-state index is -3.52. The molecule has 1 N–H and O–H groups in total. The predicted octanol–water partition coefficient (Wildman–Crippen LogP) is 4.04. The quantitative estimate of drug-likeness (QED) is 0.774. The third-order valence-corrected chi connectivity index (χ3v) is 6.08. The zero-order valence-corrected chi connectivity index (χ0v) is 15.4. The topological polar surface area (TPSA) is 46.2 Å². The van der Waals surface area contributed by atoms with E-state index in [0.29, 0.717) is 17.4 Å². The number of aryl methyl sites for hydroxylation is 1. The summed E-state index contributed by atoms with van der Waals surface area (Å²) in [6.07, 6.45) is 0.664. The minimum absolute atomic E-state index is 0.238. The van der Waals surface area contributed by atoms with Crippen molar-refractivity contribution >= 4 is 41.9 Å². The van der Waals surface area contributed by atoms with Crippen LogP contribution in [0.3, 0.4) is 0 Å². The minimum Gasteiger partial charge on any atom is -0.211 e. The van der Waals surface area contributed by atoms with Crippen molar-refractivity contribution in [1.82, 2.24) is 4.72 Å². The summed E-state index contributed by atoms with van der Waals surface area (Å²) in [4.78, 5) is 0.238. The van der Waals surface area contributed by atoms with Gasteiger partial charge in [0.1, 0.15) is 0 Å². The van der Waals surface area contributed by atoms with Gasteiger partial charge in [-0.15, -0.1) is 0 Å². The number of halogens is 2. The van der Waals surface area contributed by atoms with Crippen molar-refractivity contribution in [2.45, 2.75) is 18.2 Å². The fourth-order valence-electron chi connectivity index (χ4n) is 1.97. The first kappa shape index (κ1) is 16.7. The highest BCUT2D eigenvalue weighted by Gasteiger charge is 2.17. The van der Waals surface area contributed by atoms with Gasteiger partial charge in [0.05, 0.1) is 4.90 Å². The van der Waals surface area contributed by atoms with Crippen LogP contribution in [0, 0.1) is 6.92 Å². The zero-order chi connectivity index (χ0) is 15.5. The van der Waals surface area contributed by atoms with E-state index >= 15 is 0 Å². The van der Waals surface area contributed by atoms with Gasteiger partial charge < -0.3 is 0 Å². The monoisotopic (exact) mass is 431 g/mol. The van der Waals surface area contributed by atoms with E-state index in [2.05, 4.69) is 36.6 Å². The normalized spacial score (nSPS) is 11.6. The van der Waals surface area contributed by atoms with Gasteiger partial charge in [-0.05, 0) is 58.6 Å². The van der Waals surface area contributed by atoms with Crippen LogP contribution in [0.15, 0.2) is 56.3 Å². The van der Waals surface area contributed by atoms with Crippen LogP contribution in [0.5, 0.6) is 0 Å². The van der Waals surface area contributed by atoms with E-state index in [1.807, 2.05) is 31.2 Å². The van der Waals surface area contributed by atoms with Gasteiger partial charge in [0.2, 0.25) is 10.0 Å². The Bertz CT molecular complexity index is 745. The van der Waals surface area contributed by atoms with Crippen molar-refractivity contribution in [3.63, 3.8) is 0 Å². The predicted molar refractivity (Wildman–Crippen MR) is 91.9 cm³/mol. The molecule has 0 saturated heterocycles. The highest BCUT2D eigenvalue weighted by atomic mass is 79.9. The highest BCUT2D eigenvalue weighted by Crippen LogP contribution is 2.25. The van der Waals surface area contributed by atoms with Gasteiger partial charge in [-0.25, -0.2) is 13.1 Å². The molecular weight excluding hydrogens is 418 g/mol. The van der Waals surface area contributed by atoms with Gasteiger partial charge in [-0.1, -0.05) is 40.2 Å². The number of hydrogen-bond acceptors (Lipinski definition) is 2. The van der Waals surface area contributed by atoms with Crippen LogP contribution in [0.25, 0.3) is 0 Å². The Balaban J connectivity index is 2.08. The van der Waals surface area contributed by atoms with Crippen LogP contribution in [0.2, 0.25) is 0 Å². The molecule has 0 spiro atoms. The van der Waals surface area contributed by atoms with Crippen LogP contribution in [0.1, 0.15) is 11.1 Å². The second kappa shape index (κ2) is 7.05. The maximum absolute atomic E-state index is 12.3. The van der Waals surface area contributed by atoms with Crippen molar-refractivity contribution in [2.75, 3.05) is 6.54 Å². The fourth-order valence-corrected chi connectivity index (χ4v) is 4.50. The van der Waals surface area contributed by atoms with Crippen LogP contribution in [-0.2, 0) is 16.4 Å². The molecule has 3 nitrogen and oxygen atoms in total. The maximum Gasteiger partial charge on any atom is 0.241 e. The van der Waals surface area contributed by atoms with Gasteiger partial charge >= 0.3 is 0 Å². The van der Waals surface area contributed by atoms with E-state index in [9.17, 15) is 8.42 Å². The fraction of sp³-hybridized carbons (Fsp3) is 0.200. The molecule has 0 aromatic heterocycles. The lowest BCUT2D eigenvalue weighted by Crippen LogP contribution is -2.26. The molecular formula is C15H15Br2NO2S. The Morgan fingerprint density at radius 2 is 1.81 bits per heavy atom. The number of nitrogens with one attached hydrogen (secondary N) is 1. The highest BCUT2D eigenvalue weighted by molar-refractivity contribution is 9.11. The largest absolute Gasteiger partial charge is 0.241 e. The Labute approximate surface area is 142 Å². The second-order valence-corrected chi connectivity index (χ2v) is 8.15. The third kappa shape index (κ3) is 4.39. The Hall–Kier alpha value is -0.690. The first-order valence-electron chi connectivity index (χ1n) is 6.39. The van der Waals surface area contributed by atoms with E-state index in [4.69, 9.17) is 0 Å². The molecule has 0 aliphatic heterocycles. The SMILES string of the molecule is Cc1ccccc1CCNS(=O)(=O)c1cc(Br)ccc1Br. The maximum atomic E-state index is 12.3. The van der Waals surface area contributed by atoms with Gasteiger partial charge in [-0.3, -0.25) is 0 Å². The van der Waals surface area contributed by atoms with Crippen LogP contribution >= 0.6 is 31.9 Å². The third-order valence-electron chi connectivity index (χ3n) is 3.13. The van der Waals surface area contributed by atoms with Gasteiger partial charge in [0, 0.05) is 15.5 Å². The van der Waals surface area contributed by atoms with Crippen molar-refractivity contribution in [1.29, 1.82) is 0 Å². The molecule has 0 heterocycles. The molecule has 0 unspecified atom stereocenters. The van der Waals surface area contributed by atoms with Crippen LogP contribution in [0.4, 0.5) is 0 Å². The molecule has 2 rings (SSSR count). The molecule has 21 heavy (non-hydrogen) atoms.